The molecule has 0 aliphatic carbocycles. The highest BCUT2D eigenvalue weighted by atomic mass is 79.9. The Hall–Kier alpha value is -0.750. The van der Waals surface area contributed by atoms with E-state index in [-0.39, 0.29) is 13.0 Å². The maximum absolute atomic E-state index is 11.9. The van der Waals surface area contributed by atoms with Crippen LogP contribution in [-0.2, 0) is 0 Å². The van der Waals surface area contributed by atoms with E-state index < -0.39 is 18.5 Å². The molecule has 0 aromatic heterocycles. The molecule has 0 saturated heterocycles. The minimum absolute atomic E-state index is 0.0204. The maximum atomic E-state index is 11.9. The normalized spacial score (nSPS) is 11.4. The molecule has 1 N–H and O–H groups in total. The fourth-order valence-corrected chi connectivity index (χ4v) is 2.12. The molecule has 1 aromatic rings. The molecule has 0 aliphatic heterocycles. The highest BCUT2D eigenvalue weighted by Crippen LogP contribution is 2.22. The van der Waals surface area contributed by atoms with E-state index in [2.05, 4.69) is 21.2 Å². The number of hydrogen-bond donors (Lipinski definition) is 1. The SMILES string of the molecule is O=C(NCCCC(F)(F)F)c1ccc(Cl)cc1Br. The van der Waals surface area contributed by atoms with Gasteiger partial charge in [0.05, 0.1) is 5.56 Å². The average molecular weight is 345 g/mol. The van der Waals surface area contributed by atoms with Crippen LogP contribution in [-0.4, -0.2) is 18.6 Å². The minimum Gasteiger partial charge on any atom is -0.352 e. The van der Waals surface area contributed by atoms with Crippen molar-refractivity contribution in [3.05, 3.63) is 33.3 Å². The Kier molecular flexibility index (Phi) is 5.47. The van der Waals surface area contributed by atoms with Crippen molar-refractivity contribution < 1.29 is 18.0 Å². The summed E-state index contributed by atoms with van der Waals surface area (Å²) in [6.45, 7) is -0.0204. The third-order valence-electron chi connectivity index (χ3n) is 2.10. The summed E-state index contributed by atoms with van der Waals surface area (Å²) in [6.07, 6.45) is -5.24. The average Bonchev–Trinajstić information content (AvgIpc) is 2.22. The summed E-state index contributed by atoms with van der Waals surface area (Å²) in [5.74, 6) is -0.430. The molecule has 0 radical (unpaired) electrons. The largest absolute Gasteiger partial charge is 0.389 e. The van der Waals surface area contributed by atoms with Crippen molar-refractivity contribution in [3.8, 4) is 0 Å². The first-order valence-electron chi connectivity index (χ1n) is 5.09. The molecule has 2 nitrogen and oxygen atoms in total. The highest BCUT2D eigenvalue weighted by Gasteiger charge is 2.26. The van der Waals surface area contributed by atoms with Gasteiger partial charge in [0.1, 0.15) is 0 Å². The number of halogens is 5. The number of amides is 1. The smallest absolute Gasteiger partial charge is 0.352 e. The van der Waals surface area contributed by atoms with Gasteiger partial charge in [-0.15, -0.1) is 0 Å². The van der Waals surface area contributed by atoms with E-state index in [9.17, 15) is 18.0 Å². The van der Waals surface area contributed by atoms with Gasteiger partial charge in [-0.25, -0.2) is 0 Å². The predicted molar refractivity (Wildman–Crippen MR) is 66.8 cm³/mol. The van der Waals surface area contributed by atoms with Gasteiger partial charge in [0.25, 0.3) is 5.91 Å². The summed E-state index contributed by atoms with van der Waals surface area (Å²) in [7, 11) is 0. The number of carbonyl (C=O) groups excluding carboxylic acids is 1. The van der Waals surface area contributed by atoms with Crippen LogP contribution in [0.5, 0.6) is 0 Å². The molecule has 1 rings (SSSR count). The van der Waals surface area contributed by atoms with Crippen LogP contribution < -0.4 is 5.32 Å². The quantitative estimate of drug-likeness (QED) is 0.816. The van der Waals surface area contributed by atoms with E-state index >= 15 is 0 Å². The molecule has 1 aromatic carbocycles. The molecule has 0 bridgehead atoms. The zero-order chi connectivity index (χ0) is 13.8. The summed E-state index contributed by atoms with van der Waals surface area (Å²) in [5, 5.41) is 2.89. The Labute approximate surface area is 116 Å². The van der Waals surface area contributed by atoms with E-state index in [1.54, 1.807) is 6.07 Å². The number of rotatable bonds is 4. The van der Waals surface area contributed by atoms with Gasteiger partial charge in [0.2, 0.25) is 0 Å². The van der Waals surface area contributed by atoms with Gasteiger partial charge in [-0.1, -0.05) is 11.6 Å². The topological polar surface area (TPSA) is 29.1 Å². The van der Waals surface area contributed by atoms with E-state index in [1.807, 2.05) is 0 Å². The summed E-state index contributed by atoms with van der Waals surface area (Å²) >= 11 is 8.88. The van der Waals surface area contributed by atoms with Gasteiger partial charge in [0.15, 0.2) is 0 Å². The highest BCUT2D eigenvalue weighted by molar-refractivity contribution is 9.10. The van der Waals surface area contributed by atoms with Gasteiger partial charge < -0.3 is 5.32 Å². The monoisotopic (exact) mass is 343 g/mol. The van der Waals surface area contributed by atoms with Crippen LogP contribution >= 0.6 is 27.5 Å². The Bertz CT molecular complexity index is 437. The molecule has 100 valence electrons. The fraction of sp³-hybridized carbons (Fsp3) is 0.364. The van der Waals surface area contributed by atoms with Crippen molar-refractivity contribution in [2.45, 2.75) is 19.0 Å². The molecule has 0 saturated carbocycles. The van der Waals surface area contributed by atoms with Crippen LogP contribution in [0.25, 0.3) is 0 Å². The van der Waals surface area contributed by atoms with Gasteiger partial charge >= 0.3 is 6.18 Å². The first-order valence-corrected chi connectivity index (χ1v) is 6.27. The van der Waals surface area contributed by atoms with Crippen molar-refractivity contribution in [2.75, 3.05) is 6.54 Å². The molecule has 0 spiro atoms. The number of alkyl halides is 3. The van der Waals surface area contributed by atoms with E-state index in [4.69, 9.17) is 11.6 Å². The first-order chi connectivity index (χ1) is 8.29. The molecule has 1 amide bonds. The number of hydrogen-bond acceptors (Lipinski definition) is 1. The summed E-state index contributed by atoms with van der Waals surface area (Å²) < 4.78 is 36.1. The lowest BCUT2D eigenvalue weighted by Crippen LogP contribution is -2.25. The number of carbonyl (C=O) groups is 1. The molecule has 0 fully saturated rings. The Morgan fingerprint density at radius 1 is 1.39 bits per heavy atom. The fourth-order valence-electron chi connectivity index (χ4n) is 1.26. The third-order valence-corrected chi connectivity index (χ3v) is 2.99. The predicted octanol–water partition coefficient (Wildman–Crippen LogP) is 4.17. The second kappa shape index (κ2) is 6.43. The van der Waals surface area contributed by atoms with Crippen molar-refractivity contribution in [1.29, 1.82) is 0 Å². The second-order valence-electron chi connectivity index (χ2n) is 3.60. The third kappa shape index (κ3) is 5.27. The van der Waals surface area contributed by atoms with Crippen molar-refractivity contribution >= 4 is 33.4 Å². The van der Waals surface area contributed by atoms with Crippen LogP contribution in [0.2, 0.25) is 5.02 Å². The summed E-state index contributed by atoms with van der Waals surface area (Å²) in [5.41, 5.74) is 0.339. The summed E-state index contributed by atoms with van der Waals surface area (Å²) in [6, 6.07) is 4.59. The van der Waals surface area contributed by atoms with Crippen LogP contribution in [0.4, 0.5) is 13.2 Å². The van der Waals surface area contributed by atoms with Crippen LogP contribution in [0, 0.1) is 0 Å². The van der Waals surface area contributed by atoms with Crippen molar-refractivity contribution in [3.63, 3.8) is 0 Å². The maximum Gasteiger partial charge on any atom is 0.389 e. The zero-order valence-corrected chi connectivity index (χ0v) is 11.5. The molecule has 0 unspecified atom stereocenters. The molecular formula is C11H10BrClF3NO. The molecule has 0 heterocycles. The standard InChI is InChI=1S/C11H10BrClF3NO/c12-9-6-7(13)2-3-8(9)10(18)17-5-1-4-11(14,15)16/h2-3,6H,1,4-5H2,(H,17,18). The van der Waals surface area contributed by atoms with Gasteiger partial charge in [-0.3, -0.25) is 4.79 Å². The molecule has 18 heavy (non-hydrogen) atoms. The number of nitrogens with one attached hydrogen (secondary N) is 1. The van der Waals surface area contributed by atoms with Gasteiger partial charge in [-0.2, -0.15) is 13.2 Å². The Morgan fingerprint density at radius 2 is 2.06 bits per heavy atom. The molecule has 0 atom stereocenters. The molecule has 0 aliphatic rings. The Balaban J connectivity index is 2.46. The van der Waals surface area contributed by atoms with E-state index in [0.29, 0.717) is 15.1 Å². The van der Waals surface area contributed by atoms with Crippen LogP contribution in [0.15, 0.2) is 22.7 Å². The van der Waals surface area contributed by atoms with Gasteiger partial charge in [0, 0.05) is 22.5 Å². The van der Waals surface area contributed by atoms with Crippen LogP contribution in [0.3, 0.4) is 0 Å². The minimum atomic E-state index is -4.19. The van der Waals surface area contributed by atoms with Crippen LogP contribution in [0.1, 0.15) is 23.2 Å². The molecular weight excluding hydrogens is 334 g/mol. The van der Waals surface area contributed by atoms with Gasteiger partial charge in [-0.05, 0) is 40.5 Å². The lowest BCUT2D eigenvalue weighted by atomic mass is 10.2. The van der Waals surface area contributed by atoms with E-state index in [0.717, 1.165) is 0 Å². The zero-order valence-electron chi connectivity index (χ0n) is 9.15. The van der Waals surface area contributed by atoms with Crippen molar-refractivity contribution in [2.24, 2.45) is 0 Å². The van der Waals surface area contributed by atoms with E-state index in [1.165, 1.54) is 12.1 Å². The lowest BCUT2D eigenvalue weighted by Gasteiger charge is -2.08. The first kappa shape index (κ1) is 15.3. The molecule has 7 heteroatoms. The summed E-state index contributed by atoms with van der Waals surface area (Å²) in [4.78, 5) is 11.6. The number of benzene rings is 1. The van der Waals surface area contributed by atoms with Crippen molar-refractivity contribution in [1.82, 2.24) is 5.32 Å². The second-order valence-corrected chi connectivity index (χ2v) is 4.89. The lowest BCUT2D eigenvalue weighted by molar-refractivity contribution is -0.135. The Morgan fingerprint density at radius 3 is 2.61 bits per heavy atom.